The number of methoxy groups -OCH3 is 1. The Kier molecular flexibility index (Phi) is 10.7. The van der Waals surface area contributed by atoms with Crippen LogP contribution in [-0.4, -0.2) is 36.2 Å². The van der Waals surface area contributed by atoms with Crippen molar-refractivity contribution < 1.29 is 18.3 Å². The van der Waals surface area contributed by atoms with Gasteiger partial charge in [-0.2, -0.15) is 4.98 Å². The van der Waals surface area contributed by atoms with Crippen molar-refractivity contribution in [2.24, 2.45) is 10.7 Å². The van der Waals surface area contributed by atoms with Gasteiger partial charge in [0.05, 0.1) is 24.1 Å². The molecule has 3 rings (SSSR count). The number of rotatable bonds is 9. The lowest BCUT2D eigenvalue weighted by molar-refractivity contribution is -0.111. The third-order valence-electron chi connectivity index (χ3n) is 4.63. The number of benzene rings is 2. The van der Waals surface area contributed by atoms with Gasteiger partial charge in [-0.15, -0.1) is 0 Å². The third-order valence-corrected chi connectivity index (χ3v) is 4.63. The molecule has 1 heterocycles. The summed E-state index contributed by atoms with van der Waals surface area (Å²) in [5, 5.41) is 8.29. The first-order valence-electron chi connectivity index (χ1n) is 11.2. The first-order valence-corrected chi connectivity index (χ1v) is 11.2. The fourth-order valence-electron chi connectivity index (χ4n) is 3.06. The van der Waals surface area contributed by atoms with Crippen LogP contribution in [0.25, 0.3) is 11.1 Å². The summed E-state index contributed by atoms with van der Waals surface area (Å²) in [5.74, 6) is -1.33. The highest BCUT2D eigenvalue weighted by atomic mass is 19.1. The largest absolute Gasteiger partial charge is 0.496 e. The molecule has 9 nitrogen and oxygen atoms in total. The zero-order valence-corrected chi connectivity index (χ0v) is 21.0. The van der Waals surface area contributed by atoms with E-state index in [9.17, 15) is 13.6 Å². The van der Waals surface area contributed by atoms with Crippen molar-refractivity contribution in [3.63, 3.8) is 0 Å². The zero-order valence-electron chi connectivity index (χ0n) is 21.0. The fourth-order valence-corrected chi connectivity index (χ4v) is 3.06. The molecule has 0 spiro atoms. The van der Waals surface area contributed by atoms with Crippen LogP contribution in [-0.2, 0) is 4.79 Å². The van der Waals surface area contributed by atoms with Gasteiger partial charge in [0.25, 0.3) is 0 Å². The highest BCUT2D eigenvalue weighted by molar-refractivity contribution is 5.99. The lowest BCUT2D eigenvalue weighted by Crippen LogP contribution is -2.10. The molecule has 5 N–H and O–H groups in total. The minimum atomic E-state index is -0.637. The Balaban J connectivity index is 0.00000235. The second kappa shape index (κ2) is 13.9. The molecule has 3 aromatic rings. The first kappa shape index (κ1) is 28.4. The molecular weight excluding hydrogens is 480 g/mol. The smallest absolute Gasteiger partial charge is 0.247 e. The number of nitrogens with two attached hydrogens (primary N) is 1. The van der Waals surface area contributed by atoms with E-state index in [0.717, 1.165) is 12.1 Å². The molecule has 0 unspecified atom stereocenters. The lowest BCUT2D eigenvalue weighted by Gasteiger charge is -2.16. The molecule has 194 valence electrons. The maximum absolute atomic E-state index is 14.9. The molecule has 0 aliphatic rings. The molecule has 37 heavy (non-hydrogen) atoms. The van der Waals surface area contributed by atoms with Crippen molar-refractivity contribution >= 4 is 35.3 Å². The number of nitrogens with one attached hydrogen (secondary N) is 3. The number of hydrogen-bond acceptors (Lipinski definition) is 8. The summed E-state index contributed by atoms with van der Waals surface area (Å²) in [4.78, 5) is 24.2. The maximum Gasteiger partial charge on any atom is 0.247 e. The van der Waals surface area contributed by atoms with Gasteiger partial charge >= 0.3 is 0 Å². The quantitative estimate of drug-likeness (QED) is 0.230. The number of halogens is 2. The van der Waals surface area contributed by atoms with Gasteiger partial charge in [-0.25, -0.2) is 13.8 Å². The predicted octanol–water partition coefficient (Wildman–Crippen LogP) is 5.24. The van der Waals surface area contributed by atoms with Crippen molar-refractivity contribution in [1.82, 2.24) is 9.97 Å². The van der Waals surface area contributed by atoms with Crippen LogP contribution in [0.4, 0.5) is 31.9 Å². The topological polar surface area (TPSA) is 127 Å². The van der Waals surface area contributed by atoms with Crippen LogP contribution in [0.3, 0.4) is 0 Å². The summed E-state index contributed by atoms with van der Waals surface area (Å²) < 4.78 is 34.9. The Morgan fingerprint density at radius 2 is 1.92 bits per heavy atom. The van der Waals surface area contributed by atoms with Crippen molar-refractivity contribution in [2.45, 2.75) is 13.8 Å². The number of hydrogen-bond donors (Lipinski definition) is 4. The lowest BCUT2D eigenvalue weighted by atomic mass is 10.1. The number of anilines is 4. The molecule has 0 aliphatic carbocycles. The van der Waals surface area contributed by atoms with Gasteiger partial charge in [-0.1, -0.05) is 26.5 Å². The van der Waals surface area contributed by atoms with Gasteiger partial charge in [0.1, 0.15) is 23.2 Å². The third kappa shape index (κ3) is 7.34. The van der Waals surface area contributed by atoms with E-state index in [-0.39, 0.29) is 34.3 Å². The molecule has 1 aromatic heterocycles. The number of carbonyl (C=O) groups is 1. The predicted molar refractivity (Wildman–Crippen MR) is 144 cm³/mol. The zero-order chi connectivity index (χ0) is 27.4. The molecule has 0 aliphatic heterocycles. The first-order chi connectivity index (χ1) is 17.9. The number of amides is 1. The molecular formula is C26H29F2N7O2. The maximum atomic E-state index is 14.9. The molecule has 0 saturated heterocycles. The normalized spacial score (nSPS) is 10.8. The van der Waals surface area contributed by atoms with Crippen molar-refractivity contribution in [2.75, 3.05) is 30.1 Å². The van der Waals surface area contributed by atoms with E-state index >= 15 is 0 Å². The molecule has 0 atom stereocenters. The number of allylic oxidation sites excluding steroid dienone is 1. The van der Waals surface area contributed by atoms with E-state index in [1.807, 2.05) is 13.8 Å². The second-order valence-electron chi connectivity index (χ2n) is 6.92. The Hall–Kier alpha value is -4.80. The highest BCUT2D eigenvalue weighted by Gasteiger charge is 2.19. The average Bonchev–Trinajstić information content (AvgIpc) is 2.91. The van der Waals surface area contributed by atoms with Crippen LogP contribution in [0.15, 0.2) is 72.1 Å². The molecule has 11 heteroatoms. The molecule has 0 bridgehead atoms. The fraction of sp³-hybridized carbons (Fsp3) is 0.154. The van der Waals surface area contributed by atoms with Crippen LogP contribution in [0.2, 0.25) is 0 Å². The van der Waals surface area contributed by atoms with Gasteiger partial charge in [-0.3, -0.25) is 9.79 Å². The molecule has 0 saturated carbocycles. The molecule has 0 fully saturated rings. The van der Waals surface area contributed by atoms with Gasteiger partial charge in [0, 0.05) is 36.9 Å². The van der Waals surface area contributed by atoms with Crippen LogP contribution < -0.4 is 26.4 Å². The van der Waals surface area contributed by atoms with E-state index in [1.165, 1.54) is 50.0 Å². The molecule has 0 radical (unpaired) electrons. The minimum Gasteiger partial charge on any atom is -0.496 e. The number of aliphatic imine (C=N–C) groups is 1. The summed E-state index contributed by atoms with van der Waals surface area (Å²) in [5.41, 5.74) is 6.54. The number of nitrogens with zero attached hydrogens (tertiary/aromatic N) is 3. The monoisotopic (exact) mass is 509 g/mol. The Labute approximate surface area is 214 Å². The SMILES string of the molecule is C=CC(=O)Nc1ccc(F)c(Nc2nc(N/C(C=NC)=C/N)ncc2-c2c(F)cccc2OC)c1.CC. The van der Waals surface area contributed by atoms with Crippen LogP contribution in [0.5, 0.6) is 5.75 Å². The van der Waals surface area contributed by atoms with Gasteiger partial charge in [0.15, 0.2) is 0 Å². The van der Waals surface area contributed by atoms with E-state index in [4.69, 9.17) is 10.5 Å². The Morgan fingerprint density at radius 1 is 1.16 bits per heavy atom. The number of ether oxygens (including phenoxy) is 1. The summed E-state index contributed by atoms with van der Waals surface area (Å²) >= 11 is 0. The Morgan fingerprint density at radius 3 is 2.57 bits per heavy atom. The van der Waals surface area contributed by atoms with Gasteiger partial charge in [-0.05, 0) is 36.4 Å². The summed E-state index contributed by atoms with van der Waals surface area (Å²) in [6, 6.07) is 8.24. The Bertz CT molecular complexity index is 1310. The standard InChI is InChI=1S/C24H23F2N7O2.C2H6/c1-4-21(34)30-14-8-9-17(25)19(10-14)32-23-16(22-18(26)6-5-7-20(22)35-3)13-29-24(33-23)31-15(11-27)12-28-2;1-2/h4-13H,1,27H2,2-3H3,(H,30,34)(H2,29,31,32,33);1-2H3/b15-11+,28-12?;. The van der Waals surface area contributed by atoms with Crippen LogP contribution in [0.1, 0.15) is 13.8 Å². The second-order valence-corrected chi connectivity index (χ2v) is 6.92. The number of aromatic nitrogens is 2. The van der Waals surface area contributed by atoms with E-state index in [2.05, 4.69) is 37.5 Å². The minimum absolute atomic E-state index is 0.0298. The van der Waals surface area contributed by atoms with Crippen LogP contribution >= 0.6 is 0 Å². The summed E-state index contributed by atoms with van der Waals surface area (Å²) in [7, 11) is 2.96. The summed E-state index contributed by atoms with van der Waals surface area (Å²) in [6.07, 6.45) is 5.17. The van der Waals surface area contributed by atoms with E-state index in [0.29, 0.717) is 11.4 Å². The van der Waals surface area contributed by atoms with Crippen molar-refractivity contribution in [3.8, 4) is 16.9 Å². The summed E-state index contributed by atoms with van der Waals surface area (Å²) in [6.45, 7) is 7.39. The molecule has 2 aromatic carbocycles. The van der Waals surface area contributed by atoms with E-state index in [1.54, 1.807) is 13.1 Å². The molecule has 1 amide bonds. The van der Waals surface area contributed by atoms with Crippen molar-refractivity contribution in [1.29, 1.82) is 0 Å². The number of carbonyl (C=O) groups excluding carboxylic acids is 1. The van der Waals surface area contributed by atoms with E-state index < -0.39 is 17.5 Å². The van der Waals surface area contributed by atoms with Crippen molar-refractivity contribution in [3.05, 3.63) is 78.8 Å². The van der Waals surface area contributed by atoms with Crippen LogP contribution in [0, 0.1) is 11.6 Å². The van der Waals surface area contributed by atoms with Gasteiger partial charge < -0.3 is 26.4 Å². The average molecular weight is 510 g/mol. The van der Waals surface area contributed by atoms with Gasteiger partial charge in [0.2, 0.25) is 11.9 Å². The highest BCUT2D eigenvalue weighted by Crippen LogP contribution is 2.38.